The highest BCUT2D eigenvalue weighted by molar-refractivity contribution is 5.93. The van der Waals surface area contributed by atoms with Crippen LogP contribution in [0.3, 0.4) is 0 Å². The van der Waals surface area contributed by atoms with E-state index in [4.69, 9.17) is 4.74 Å². The van der Waals surface area contributed by atoms with Gasteiger partial charge in [-0.3, -0.25) is 0 Å². The average Bonchev–Trinajstić information content (AvgIpc) is 3.60. The third kappa shape index (κ3) is 5.64. The first-order valence-corrected chi connectivity index (χ1v) is 16.2. The van der Waals surface area contributed by atoms with Crippen molar-refractivity contribution in [1.82, 2.24) is 0 Å². The van der Waals surface area contributed by atoms with Gasteiger partial charge in [0.1, 0.15) is 57.8 Å². The van der Waals surface area contributed by atoms with Gasteiger partial charge < -0.3 is 45.6 Å². The van der Waals surface area contributed by atoms with Crippen LogP contribution in [0.4, 0.5) is 0 Å². The molecular formula is C42H32O9. The van der Waals surface area contributed by atoms with Crippen molar-refractivity contribution in [2.24, 2.45) is 0 Å². The highest BCUT2D eigenvalue weighted by atomic mass is 16.5. The van der Waals surface area contributed by atoms with Gasteiger partial charge in [-0.25, -0.2) is 0 Å². The Kier molecular flexibility index (Phi) is 7.41. The Morgan fingerprint density at radius 2 is 0.961 bits per heavy atom. The van der Waals surface area contributed by atoms with Gasteiger partial charge in [0, 0.05) is 41.2 Å². The molecule has 4 unspecified atom stereocenters. The van der Waals surface area contributed by atoms with E-state index in [1.165, 1.54) is 18.2 Å². The molecule has 1 heterocycles. The minimum atomic E-state index is -0.580. The summed E-state index contributed by atoms with van der Waals surface area (Å²) in [5.41, 5.74) is 5.94. The van der Waals surface area contributed by atoms with E-state index in [1.807, 2.05) is 24.3 Å². The Bertz CT molecular complexity index is 2310. The Balaban J connectivity index is 1.33. The van der Waals surface area contributed by atoms with E-state index in [9.17, 15) is 40.9 Å². The Morgan fingerprint density at radius 3 is 1.55 bits per heavy atom. The average molecular weight is 681 g/mol. The van der Waals surface area contributed by atoms with Crippen LogP contribution < -0.4 is 4.74 Å². The van der Waals surface area contributed by atoms with Crippen LogP contribution in [0.15, 0.2) is 115 Å². The Labute approximate surface area is 292 Å². The van der Waals surface area contributed by atoms with Gasteiger partial charge in [-0.05, 0) is 106 Å². The molecule has 51 heavy (non-hydrogen) atoms. The van der Waals surface area contributed by atoms with Gasteiger partial charge in [-0.1, -0.05) is 36.4 Å². The van der Waals surface area contributed by atoms with Crippen LogP contribution in [-0.4, -0.2) is 40.9 Å². The Morgan fingerprint density at radius 1 is 0.431 bits per heavy atom. The number of phenolic OH excluding ortho intramolecular Hbond substituents is 8. The summed E-state index contributed by atoms with van der Waals surface area (Å²) in [6.45, 7) is 0. The first-order chi connectivity index (χ1) is 24.5. The smallest absolute Gasteiger partial charge is 0.135 e. The van der Waals surface area contributed by atoms with Gasteiger partial charge in [0.05, 0.1) is 5.92 Å². The fourth-order valence-electron chi connectivity index (χ4n) is 7.71. The van der Waals surface area contributed by atoms with Gasteiger partial charge >= 0.3 is 0 Å². The minimum absolute atomic E-state index is 0.0646. The number of hydrogen-bond acceptors (Lipinski definition) is 9. The van der Waals surface area contributed by atoms with E-state index in [0.717, 1.165) is 22.3 Å². The van der Waals surface area contributed by atoms with Gasteiger partial charge in [-0.2, -0.15) is 0 Å². The number of rotatable bonds is 5. The summed E-state index contributed by atoms with van der Waals surface area (Å²) in [5, 5.41) is 84.2. The number of hydrogen-bond donors (Lipinski definition) is 8. The van der Waals surface area contributed by atoms with Gasteiger partial charge in [-0.15, -0.1) is 0 Å². The lowest BCUT2D eigenvalue weighted by Crippen LogP contribution is -2.11. The van der Waals surface area contributed by atoms with Crippen LogP contribution >= 0.6 is 0 Å². The molecule has 2 aliphatic rings. The van der Waals surface area contributed by atoms with Crippen LogP contribution in [0, 0.1) is 0 Å². The molecule has 0 aromatic heterocycles. The minimum Gasteiger partial charge on any atom is -0.508 e. The lowest BCUT2D eigenvalue weighted by molar-refractivity contribution is 0.222. The van der Waals surface area contributed by atoms with Crippen molar-refractivity contribution in [3.8, 4) is 51.7 Å². The first-order valence-electron chi connectivity index (χ1n) is 16.2. The molecule has 0 saturated carbocycles. The summed E-state index contributed by atoms with van der Waals surface area (Å²) in [6, 6.07) is 30.5. The number of benzene rings is 6. The number of allylic oxidation sites excluding steroid dienone is 1. The molecular weight excluding hydrogens is 648 g/mol. The van der Waals surface area contributed by atoms with E-state index in [-0.39, 0.29) is 46.0 Å². The molecule has 6 aromatic carbocycles. The molecule has 1 aliphatic heterocycles. The molecule has 6 aromatic rings. The van der Waals surface area contributed by atoms with Crippen LogP contribution in [0.1, 0.15) is 68.4 Å². The van der Waals surface area contributed by atoms with Crippen LogP contribution in [0.5, 0.6) is 51.7 Å². The molecule has 8 rings (SSSR count). The number of fused-ring (bicyclic) bond motifs is 2. The SMILES string of the molecule is Oc1ccc(C2Oc3ccc(C=C4c5cc(O)cc(O)c5C(c5ccc(O)cc5)C4c4cc(O)cc(O)c4)cc3C2c2cc(O)cc(O)c2)cc1. The molecule has 0 amide bonds. The molecule has 0 radical (unpaired) electrons. The number of ether oxygens (including phenoxy) is 1. The predicted octanol–water partition coefficient (Wildman–Crippen LogP) is 8.07. The van der Waals surface area contributed by atoms with E-state index in [2.05, 4.69) is 0 Å². The maximum atomic E-state index is 11.3. The standard InChI is InChI=1S/C42H32O9/c43-26-6-2-22(3-7-26)40-38(24-13-28(45)17-29(46)14-24)33(34-19-32(49)20-36(50)41(34)40)11-21-1-10-37-35(12-21)39(25-15-30(47)18-31(48)16-25)42(51-37)23-4-8-27(44)9-5-23/h1-20,38-40,42-50H. The summed E-state index contributed by atoms with van der Waals surface area (Å²) < 4.78 is 6.49. The third-order valence-electron chi connectivity index (χ3n) is 9.72. The molecule has 0 fully saturated rings. The lowest BCUT2D eigenvalue weighted by atomic mass is 9.79. The van der Waals surface area contributed by atoms with Gasteiger partial charge in [0.2, 0.25) is 0 Å². The number of aromatic hydroxyl groups is 8. The predicted molar refractivity (Wildman–Crippen MR) is 190 cm³/mol. The van der Waals surface area contributed by atoms with Crippen LogP contribution in [0.25, 0.3) is 11.6 Å². The topological polar surface area (TPSA) is 171 Å². The monoisotopic (exact) mass is 680 g/mol. The number of phenols is 8. The molecule has 1 aliphatic carbocycles. The maximum absolute atomic E-state index is 11.3. The third-order valence-corrected chi connectivity index (χ3v) is 9.72. The molecule has 254 valence electrons. The molecule has 8 N–H and O–H groups in total. The fraction of sp³-hybridized carbons (Fsp3) is 0.0952. The van der Waals surface area contributed by atoms with Gasteiger partial charge in [0.15, 0.2) is 0 Å². The largest absolute Gasteiger partial charge is 0.508 e. The molecule has 9 heteroatoms. The normalized spacial score (nSPS) is 19.8. The molecule has 0 bridgehead atoms. The summed E-state index contributed by atoms with van der Waals surface area (Å²) >= 11 is 0. The molecule has 9 nitrogen and oxygen atoms in total. The zero-order chi connectivity index (χ0) is 35.6. The van der Waals surface area contributed by atoms with Crippen molar-refractivity contribution in [2.45, 2.75) is 23.9 Å². The molecule has 0 saturated heterocycles. The lowest BCUT2D eigenvalue weighted by Gasteiger charge is -2.24. The first kappa shape index (κ1) is 31.5. The van der Waals surface area contributed by atoms with E-state index in [1.54, 1.807) is 78.9 Å². The van der Waals surface area contributed by atoms with Crippen molar-refractivity contribution in [1.29, 1.82) is 0 Å². The summed E-state index contributed by atoms with van der Waals surface area (Å²) in [7, 11) is 0. The van der Waals surface area contributed by atoms with E-state index < -0.39 is 23.9 Å². The zero-order valence-electron chi connectivity index (χ0n) is 26.8. The fourth-order valence-corrected chi connectivity index (χ4v) is 7.71. The second kappa shape index (κ2) is 12.0. The summed E-state index contributed by atoms with van der Waals surface area (Å²) in [6.07, 6.45) is 1.36. The zero-order valence-corrected chi connectivity index (χ0v) is 26.8. The van der Waals surface area contributed by atoms with Crippen LogP contribution in [0.2, 0.25) is 0 Å². The Hall–Kier alpha value is -6.74. The summed E-state index contributed by atoms with van der Waals surface area (Å²) in [5.74, 6) is -1.66. The second-order valence-corrected chi connectivity index (χ2v) is 13.0. The van der Waals surface area contributed by atoms with Gasteiger partial charge in [0.25, 0.3) is 0 Å². The molecule has 4 atom stereocenters. The van der Waals surface area contributed by atoms with E-state index in [0.29, 0.717) is 33.6 Å². The van der Waals surface area contributed by atoms with Crippen molar-refractivity contribution in [3.05, 3.63) is 160 Å². The molecule has 0 spiro atoms. The highest BCUT2D eigenvalue weighted by Gasteiger charge is 2.42. The van der Waals surface area contributed by atoms with Crippen molar-refractivity contribution < 1.29 is 45.6 Å². The van der Waals surface area contributed by atoms with Crippen molar-refractivity contribution >= 4 is 11.6 Å². The summed E-state index contributed by atoms with van der Waals surface area (Å²) in [4.78, 5) is 0. The van der Waals surface area contributed by atoms with E-state index >= 15 is 0 Å². The quantitative estimate of drug-likeness (QED) is 0.0897. The second-order valence-electron chi connectivity index (χ2n) is 13.0. The highest BCUT2D eigenvalue weighted by Crippen LogP contribution is 2.59. The van der Waals surface area contributed by atoms with Crippen LogP contribution in [-0.2, 0) is 0 Å². The van der Waals surface area contributed by atoms with Crippen molar-refractivity contribution in [2.75, 3.05) is 0 Å². The maximum Gasteiger partial charge on any atom is 0.135 e. The van der Waals surface area contributed by atoms with Crippen molar-refractivity contribution in [3.63, 3.8) is 0 Å².